The van der Waals surface area contributed by atoms with Crippen molar-refractivity contribution in [2.24, 2.45) is 17.8 Å². The van der Waals surface area contributed by atoms with Gasteiger partial charge in [-0.25, -0.2) is 4.79 Å². The van der Waals surface area contributed by atoms with Crippen molar-refractivity contribution >= 4 is 11.9 Å². The Balaban J connectivity index is 0.000000139. The van der Waals surface area contributed by atoms with Gasteiger partial charge in [-0.05, 0) is 32.1 Å². The van der Waals surface area contributed by atoms with Crippen LogP contribution >= 0.6 is 0 Å². The molecule has 4 unspecified atom stereocenters. The summed E-state index contributed by atoms with van der Waals surface area (Å²) in [6, 6.07) is 0. The van der Waals surface area contributed by atoms with Crippen LogP contribution in [0, 0.1) is 17.8 Å². The quantitative estimate of drug-likeness (QED) is 0.515. The number of methoxy groups -OCH3 is 1. The number of carbonyl (C=O) groups is 2. The predicted octanol–water partition coefficient (Wildman–Crippen LogP) is 1.69. The van der Waals surface area contributed by atoms with Crippen LogP contribution in [0.15, 0.2) is 12.2 Å². The Morgan fingerprint density at radius 1 is 1.41 bits per heavy atom. The van der Waals surface area contributed by atoms with Gasteiger partial charge in [0.1, 0.15) is 6.10 Å². The highest BCUT2D eigenvalue weighted by molar-refractivity contribution is 5.86. The average molecular weight is 238 g/mol. The lowest BCUT2D eigenvalue weighted by atomic mass is 9.90. The Morgan fingerprint density at radius 3 is 2.47 bits per heavy atom. The van der Waals surface area contributed by atoms with E-state index in [0.717, 1.165) is 18.8 Å². The fourth-order valence-electron chi connectivity index (χ4n) is 3.10. The molecule has 3 fully saturated rings. The number of esters is 2. The number of carbonyl (C=O) groups excluding carboxylic acids is 2. The molecule has 0 spiro atoms. The Kier molecular flexibility index (Phi) is 3.22. The van der Waals surface area contributed by atoms with Crippen molar-refractivity contribution in [3.05, 3.63) is 12.2 Å². The molecule has 1 heterocycles. The van der Waals surface area contributed by atoms with Gasteiger partial charge in [-0.15, -0.1) is 0 Å². The predicted molar refractivity (Wildman–Crippen MR) is 61.0 cm³/mol. The molecule has 0 N–H and O–H groups in total. The molecule has 4 heteroatoms. The molecule has 2 bridgehead atoms. The summed E-state index contributed by atoms with van der Waals surface area (Å²) in [5.74, 6) is 1.50. The molecule has 0 amide bonds. The van der Waals surface area contributed by atoms with E-state index in [-0.39, 0.29) is 11.9 Å². The molecule has 0 aromatic rings. The van der Waals surface area contributed by atoms with Gasteiger partial charge in [0.2, 0.25) is 0 Å². The normalized spacial score (nSPS) is 36.0. The Hall–Kier alpha value is -1.32. The monoisotopic (exact) mass is 238 g/mol. The maximum atomic E-state index is 11.1. The minimum atomic E-state index is -0.347. The third-order valence-electron chi connectivity index (χ3n) is 3.86. The van der Waals surface area contributed by atoms with E-state index in [4.69, 9.17) is 4.74 Å². The zero-order chi connectivity index (χ0) is 12.6. The van der Waals surface area contributed by atoms with Crippen molar-refractivity contribution in [2.45, 2.75) is 32.3 Å². The second-order valence-electron chi connectivity index (χ2n) is 5.09. The Bertz CT molecular complexity index is 358. The third kappa shape index (κ3) is 2.21. The van der Waals surface area contributed by atoms with Crippen LogP contribution in [0.3, 0.4) is 0 Å². The van der Waals surface area contributed by atoms with Gasteiger partial charge < -0.3 is 9.47 Å². The lowest BCUT2D eigenvalue weighted by Gasteiger charge is -2.11. The second-order valence-corrected chi connectivity index (χ2v) is 5.09. The summed E-state index contributed by atoms with van der Waals surface area (Å²) < 4.78 is 9.47. The highest BCUT2D eigenvalue weighted by Crippen LogP contribution is 2.54. The summed E-state index contributed by atoms with van der Waals surface area (Å²) in [5, 5.41) is 0. The van der Waals surface area contributed by atoms with E-state index < -0.39 is 0 Å². The van der Waals surface area contributed by atoms with Crippen LogP contribution in [0.5, 0.6) is 0 Å². The first-order chi connectivity index (χ1) is 8.02. The van der Waals surface area contributed by atoms with Gasteiger partial charge in [-0.2, -0.15) is 0 Å². The Labute approximate surface area is 101 Å². The molecule has 1 aliphatic heterocycles. The van der Waals surface area contributed by atoms with Crippen LogP contribution < -0.4 is 0 Å². The zero-order valence-electron chi connectivity index (χ0n) is 10.3. The second kappa shape index (κ2) is 4.51. The first-order valence-corrected chi connectivity index (χ1v) is 5.97. The van der Waals surface area contributed by atoms with E-state index in [2.05, 4.69) is 11.3 Å². The summed E-state index contributed by atoms with van der Waals surface area (Å²) >= 11 is 0. The van der Waals surface area contributed by atoms with Gasteiger partial charge in [0, 0.05) is 11.5 Å². The summed E-state index contributed by atoms with van der Waals surface area (Å²) in [5.41, 5.74) is 0.433. The molecule has 17 heavy (non-hydrogen) atoms. The zero-order valence-corrected chi connectivity index (χ0v) is 10.3. The van der Waals surface area contributed by atoms with Crippen molar-refractivity contribution in [3.8, 4) is 0 Å². The SMILES string of the molecule is C=C(C)C(=O)OC.O=C1OC2CC3CC1C2C3. The Morgan fingerprint density at radius 2 is 2.12 bits per heavy atom. The first-order valence-electron chi connectivity index (χ1n) is 5.97. The van der Waals surface area contributed by atoms with Crippen molar-refractivity contribution in [2.75, 3.05) is 7.11 Å². The standard InChI is InChI=1S/C8H10O2.C5H8O2/c9-8-6-2-4-1-5(6)7(3-4)10-8;1-4(2)5(6)7-3/h4-7H,1-3H2;1H2,2-3H3. The fourth-order valence-corrected chi connectivity index (χ4v) is 3.10. The van der Waals surface area contributed by atoms with Gasteiger partial charge in [0.05, 0.1) is 13.0 Å². The molecule has 0 radical (unpaired) electrons. The number of rotatable bonds is 1. The molecule has 4 nitrogen and oxygen atoms in total. The van der Waals surface area contributed by atoms with Gasteiger partial charge in [-0.3, -0.25) is 4.79 Å². The van der Waals surface area contributed by atoms with Crippen molar-refractivity contribution in [1.29, 1.82) is 0 Å². The highest BCUT2D eigenvalue weighted by Gasteiger charge is 2.56. The molecule has 1 saturated heterocycles. The van der Waals surface area contributed by atoms with Crippen molar-refractivity contribution < 1.29 is 19.1 Å². The van der Waals surface area contributed by atoms with Crippen LogP contribution in [-0.2, 0) is 19.1 Å². The molecule has 3 aliphatic rings. The van der Waals surface area contributed by atoms with E-state index in [9.17, 15) is 9.59 Å². The molecule has 3 rings (SSSR count). The smallest absolute Gasteiger partial charge is 0.332 e. The number of ether oxygens (including phenoxy) is 2. The maximum Gasteiger partial charge on any atom is 0.332 e. The molecule has 2 aliphatic carbocycles. The lowest BCUT2D eigenvalue weighted by molar-refractivity contribution is -0.143. The highest BCUT2D eigenvalue weighted by atomic mass is 16.6. The molecular weight excluding hydrogens is 220 g/mol. The number of hydrogen-bond acceptors (Lipinski definition) is 4. The minimum absolute atomic E-state index is 0.0926. The average Bonchev–Trinajstić information content (AvgIpc) is 2.90. The van der Waals surface area contributed by atoms with E-state index in [1.54, 1.807) is 6.92 Å². The summed E-state index contributed by atoms with van der Waals surface area (Å²) in [4.78, 5) is 21.3. The van der Waals surface area contributed by atoms with Crippen LogP contribution in [0.2, 0.25) is 0 Å². The molecule has 0 aromatic carbocycles. The van der Waals surface area contributed by atoms with Crippen LogP contribution in [0.1, 0.15) is 26.2 Å². The van der Waals surface area contributed by atoms with Gasteiger partial charge in [-0.1, -0.05) is 6.58 Å². The summed E-state index contributed by atoms with van der Waals surface area (Å²) in [6.07, 6.45) is 3.88. The maximum absolute atomic E-state index is 11.1. The summed E-state index contributed by atoms with van der Waals surface area (Å²) in [6.45, 7) is 4.95. The summed E-state index contributed by atoms with van der Waals surface area (Å²) in [7, 11) is 1.33. The largest absolute Gasteiger partial charge is 0.466 e. The van der Waals surface area contributed by atoms with Crippen molar-refractivity contribution in [1.82, 2.24) is 0 Å². The molecule has 4 atom stereocenters. The fraction of sp³-hybridized carbons (Fsp3) is 0.692. The van der Waals surface area contributed by atoms with Gasteiger partial charge >= 0.3 is 11.9 Å². The molecule has 94 valence electrons. The molecule has 0 aromatic heterocycles. The van der Waals surface area contributed by atoms with Gasteiger partial charge in [0.15, 0.2) is 0 Å². The van der Waals surface area contributed by atoms with E-state index >= 15 is 0 Å². The van der Waals surface area contributed by atoms with E-state index in [0.29, 0.717) is 23.5 Å². The van der Waals surface area contributed by atoms with Crippen LogP contribution in [0.4, 0.5) is 0 Å². The molecular formula is C13H18O4. The first kappa shape index (κ1) is 12.1. The number of fused-ring (bicyclic) bond motifs is 1. The van der Waals surface area contributed by atoms with Crippen LogP contribution in [0.25, 0.3) is 0 Å². The van der Waals surface area contributed by atoms with E-state index in [1.165, 1.54) is 13.5 Å². The minimum Gasteiger partial charge on any atom is -0.466 e. The van der Waals surface area contributed by atoms with Crippen molar-refractivity contribution in [3.63, 3.8) is 0 Å². The van der Waals surface area contributed by atoms with Crippen LogP contribution in [-0.4, -0.2) is 25.2 Å². The van der Waals surface area contributed by atoms with E-state index in [1.807, 2.05) is 0 Å². The number of hydrogen-bond donors (Lipinski definition) is 0. The lowest BCUT2D eigenvalue weighted by Crippen LogP contribution is -2.15. The van der Waals surface area contributed by atoms with Gasteiger partial charge in [0.25, 0.3) is 0 Å². The topological polar surface area (TPSA) is 52.6 Å². The molecule has 2 saturated carbocycles. The third-order valence-corrected chi connectivity index (χ3v) is 3.86.